The van der Waals surface area contributed by atoms with Crippen molar-refractivity contribution in [2.24, 2.45) is 11.5 Å². The first-order valence-corrected chi connectivity index (χ1v) is 7.28. The molecule has 5 nitrogen and oxygen atoms in total. The Labute approximate surface area is 137 Å². The second-order valence-corrected chi connectivity index (χ2v) is 5.37. The predicted octanol–water partition coefficient (Wildman–Crippen LogP) is 2.61. The number of rotatable bonds is 5. The van der Waals surface area contributed by atoms with Crippen molar-refractivity contribution in [1.29, 1.82) is 0 Å². The second kappa shape index (κ2) is 6.85. The van der Waals surface area contributed by atoms with E-state index in [-0.39, 0.29) is 27.4 Å². The quantitative estimate of drug-likeness (QED) is 0.820. The van der Waals surface area contributed by atoms with Gasteiger partial charge in [0.2, 0.25) is 0 Å². The van der Waals surface area contributed by atoms with Gasteiger partial charge in [0.15, 0.2) is 5.78 Å². The molecule has 0 spiro atoms. The summed E-state index contributed by atoms with van der Waals surface area (Å²) < 4.78 is 14.6. The SMILES string of the molecule is CC[C@@H](N)c1ccc(Cl)c(C(=O)c2ccc(C(N)=O)nc2)c1F. The van der Waals surface area contributed by atoms with Crippen LogP contribution in [0.5, 0.6) is 0 Å². The number of hydrogen-bond acceptors (Lipinski definition) is 4. The number of halogens is 2. The van der Waals surface area contributed by atoms with Crippen molar-refractivity contribution in [1.82, 2.24) is 4.98 Å². The minimum Gasteiger partial charge on any atom is -0.364 e. The standard InChI is InChI=1S/C16H15ClFN3O2/c1-2-11(19)9-4-5-10(17)13(14(9)18)15(22)8-3-6-12(16(20)23)21-7-8/h3-7,11H,2,19H2,1H3,(H2,20,23)/t11-/m1/s1. The van der Waals surface area contributed by atoms with E-state index in [1.807, 2.05) is 6.92 Å². The topological polar surface area (TPSA) is 99.1 Å². The first-order chi connectivity index (χ1) is 10.9. The average molecular weight is 336 g/mol. The van der Waals surface area contributed by atoms with Crippen molar-refractivity contribution in [3.05, 3.63) is 63.7 Å². The molecule has 120 valence electrons. The lowest BCUT2D eigenvalue weighted by molar-refractivity contribution is 0.0991. The van der Waals surface area contributed by atoms with E-state index in [2.05, 4.69) is 4.98 Å². The minimum absolute atomic E-state index is 0.00914. The van der Waals surface area contributed by atoms with E-state index >= 15 is 0 Å². The van der Waals surface area contributed by atoms with E-state index in [0.717, 1.165) is 6.20 Å². The Morgan fingerprint density at radius 1 is 1.30 bits per heavy atom. The monoisotopic (exact) mass is 335 g/mol. The first-order valence-electron chi connectivity index (χ1n) is 6.90. The molecule has 0 saturated carbocycles. The Morgan fingerprint density at radius 3 is 2.52 bits per heavy atom. The Kier molecular flexibility index (Phi) is 5.08. The summed E-state index contributed by atoms with van der Waals surface area (Å²) in [6.45, 7) is 1.81. The fourth-order valence-corrected chi connectivity index (χ4v) is 2.33. The maximum Gasteiger partial charge on any atom is 0.267 e. The highest BCUT2D eigenvalue weighted by Gasteiger charge is 2.23. The lowest BCUT2D eigenvalue weighted by Gasteiger charge is -2.14. The summed E-state index contributed by atoms with van der Waals surface area (Å²) in [7, 11) is 0. The Morgan fingerprint density at radius 2 is 2.00 bits per heavy atom. The Hall–Kier alpha value is -2.31. The number of nitrogens with two attached hydrogens (primary N) is 2. The molecular formula is C16H15ClFN3O2. The van der Waals surface area contributed by atoms with Gasteiger partial charge in [-0.1, -0.05) is 24.6 Å². The maximum absolute atomic E-state index is 14.6. The average Bonchev–Trinajstić information content (AvgIpc) is 2.54. The number of amides is 1. The van der Waals surface area contributed by atoms with Crippen LogP contribution in [-0.4, -0.2) is 16.7 Å². The number of primary amides is 1. The molecule has 0 aliphatic rings. The van der Waals surface area contributed by atoms with Crippen LogP contribution in [0.15, 0.2) is 30.5 Å². The van der Waals surface area contributed by atoms with Gasteiger partial charge in [0.25, 0.3) is 5.91 Å². The highest BCUT2D eigenvalue weighted by atomic mass is 35.5. The normalized spacial score (nSPS) is 12.0. The summed E-state index contributed by atoms with van der Waals surface area (Å²) in [5, 5.41) is -0.0152. The number of pyridine rings is 1. The van der Waals surface area contributed by atoms with Crippen LogP contribution in [-0.2, 0) is 0 Å². The number of carbonyl (C=O) groups excluding carboxylic acids is 2. The van der Waals surface area contributed by atoms with E-state index in [9.17, 15) is 14.0 Å². The molecule has 0 aliphatic heterocycles. The molecule has 7 heteroatoms. The van der Waals surface area contributed by atoms with Gasteiger partial charge in [-0.25, -0.2) is 4.39 Å². The molecular weight excluding hydrogens is 321 g/mol. The molecule has 1 aromatic carbocycles. The highest BCUT2D eigenvalue weighted by Crippen LogP contribution is 2.28. The number of hydrogen-bond donors (Lipinski definition) is 2. The molecule has 1 aromatic heterocycles. The Bertz CT molecular complexity index is 763. The van der Waals surface area contributed by atoms with E-state index in [1.54, 1.807) is 0 Å². The van der Waals surface area contributed by atoms with Gasteiger partial charge < -0.3 is 11.5 Å². The maximum atomic E-state index is 14.6. The van der Waals surface area contributed by atoms with E-state index in [1.165, 1.54) is 24.3 Å². The third-order valence-corrected chi connectivity index (χ3v) is 3.78. The molecule has 0 fully saturated rings. The minimum atomic E-state index is -0.740. The van der Waals surface area contributed by atoms with Gasteiger partial charge in [-0.05, 0) is 24.6 Å². The predicted molar refractivity (Wildman–Crippen MR) is 84.8 cm³/mol. The van der Waals surface area contributed by atoms with Crippen molar-refractivity contribution in [3.8, 4) is 0 Å². The molecule has 0 bridgehead atoms. The lowest BCUT2D eigenvalue weighted by Crippen LogP contribution is -2.16. The van der Waals surface area contributed by atoms with Crippen LogP contribution >= 0.6 is 11.6 Å². The van der Waals surface area contributed by atoms with Crippen LogP contribution in [0.25, 0.3) is 0 Å². The number of benzene rings is 1. The summed E-state index contributed by atoms with van der Waals surface area (Å²) in [5.74, 6) is -2.10. The zero-order valence-electron chi connectivity index (χ0n) is 12.3. The van der Waals surface area contributed by atoms with Gasteiger partial charge in [0.05, 0.1) is 10.6 Å². The van der Waals surface area contributed by atoms with Gasteiger partial charge in [0.1, 0.15) is 11.5 Å². The third kappa shape index (κ3) is 3.38. The van der Waals surface area contributed by atoms with Gasteiger partial charge in [-0.2, -0.15) is 0 Å². The van der Waals surface area contributed by atoms with E-state index in [4.69, 9.17) is 23.1 Å². The molecule has 23 heavy (non-hydrogen) atoms. The third-order valence-electron chi connectivity index (χ3n) is 3.47. The van der Waals surface area contributed by atoms with Crippen LogP contribution in [0.2, 0.25) is 5.02 Å². The summed E-state index contributed by atoms with van der Waals surface area (Å²) in [5.41, 5.74) is 11.0. The van der Waals surface area contributed by atoms with Crippen LogP contribution in [0, 0.1) is 5.82 Å². The zero-order chi connectivity index (χ0) is 17.1. The number of nitrogens with zero attached hydrogens (tertiary/aromatic N) is 1. The number of ketones is 1. The molecule has 2 aromatic rings. The van der Waals surface area contributed by atoms with Gasteiger partial charge in [-0.15, -0.1) is 0 Å². The van der Waals surface area contributed by atoms with E-state index < -0.39 is 23.5 Å². The summed E-state index contributed by atoms with van der Waals surface area (Å²) in [4.78, 5) is 27.3. The number of aromatic nitrogens is 1. The molecule has 4 N–H and O–H groups in total. The van der Waals surface area contributed by atoms with Crippen LogP contribution in [0.3, 0.4) is 0 Å². The molecule has 0 radical (unpaired) electrons. The zero-order valence-corrected chi connectivity index (χ0v) is 13.1. The van der Waals surface area contributed by atoms with Crippen molar-refractivity contribution in [2.75, 3.05) is 0 Å². The van der Waals surface area contributed by atoms with Gasteiger partial charge >= 0.3 is 0 Å². The van der Waals surface area contributed by atoms with Gasteiger partial charge in [0, 0.05) is 23.4 Å². The number of carbonyl (C=O) groups is 2. The van der Waals surface area contributed by atoms with Crippen LogP contribution in [0.1, 0.15) is 51.4 Å². The summed E-state index contributed by atoms with van der Waals surface area (Å²) in [6.07, 6.45) is 1.67. The largest absolute Gasteiger partial charge is 0.364 e. The molecule has 2 rings (SSSR count). The molecule has 1 amide bonds. The van der Waals surface area contributed by atoms with Crippen molar-refractivity contribution < 1.29 is 14.0 Å². The van der Waals surface area contributed by atoms with Crippen molar-refractivity contribution in [2.45, 2.75) is 19.4 Å². The van der Waals surface area contributed by atoms with Crippen LogP contribution < -0.4 is 11.5 Å². The highest BCUT2D eigenvalue weighted by molar-refractivity contribution is 6.35. The molecule has 0 unspecified atom stereocenters. The molecule has 0 aliphatic carbocycles. The fourth-order valence-electron chi connectivity index (χ4n) is 2.10. The van der Waals surface area contributed by atoms with E-state index in [0.29, 0.717) is 6.42 Å². The summed E-state index contributed by atoms with van der Waals surface area (Å²) in [6, 6.07) is 5.01. The Balaban J connectivity index is 2.48. The van der Waals surface area contributed by atoms with Gasteiger partial charge in [-0.3, -0.25) is 14.6 Å². The van der Waals surface area contributed by atoms with Crippen molar-refractivity contribution >= 4 is 23.3 Å². The first kappa shape index (κ1) is 17.1. The fraction of sp³-hybridized carbons (Fsp3) is 0.188. The molecule has 0 saturated heterocycles. The molecule has 1 atom stereocenters. The lowest BCUT2D eigenvalue weighted by atomic mass is 9.97. The second-order valence-electron chi connectivity index (χ2n) is 4.97. The van der Waals surface area contributed by atoms with Crippen molar-refractivity contribution in [3.63, 3.8) is 0 Å². The smallest absolute Gasteiger partial charge is 0.267 e. The summed E-state index contributed by atoms with van der Waals surface area (Å²) >= 11 is 5.98. The molecule has 1 heterocycles. The van der Waals surface area contributed by atoms with Crippen LogP contribution in [0.4, 0.5) is 4.39 Å².